The molecule has 4 atom stereocenters. The first kappa shape index (κ1) is 19.7. The molecule has 2 saturated heterocycles. The number of allylic oxidation sites excluding steroid dienone is 2. The molecule has 0 saturated carbocycles. The van der Waals surface area contributed by atoms with Gasteiger partial charge >= 0.3 is 5.97 Å². The molecular formula is C19H29NO5S. The second kappa shape index (κ2) is 9.24. The van der Waals surface area contributed by atoms with Crippen LogP contribution in [0.4, 0.5) is 4.79 Å². The Labute approximate surface area is 159 Å². The van der Waals surface area contributed by atoms with Crippen LogP contribution < -0.4 is 5.32 Å². The van der Waals surface area contributed by atoms with Gasteiger partial charge in [0.05, 0.1) is 12.1 Å². The number of carbonyl (C=O) groups is 2. The average Bonchev–Trinajstić information content (AvgIpc) is 3.02. The predicted octanol–water partition coefficient (Wildman–Crippen LogP) is 3.28. The van der Waals surface area contributed by atoms with Crippen LogP contribution in [0.15, 0.2) is 12.2 Å². The van der Waals surface area contributed by atoms with Crippen molar-refractivity contribution in [2.24, 2.45) is 0 Å². The van der Waals surface area contributed by atoms with E-state index in [0.29, 0.717) is 18.6 Å². The number of amides is 1. The van der Waals surface area contributed by atoms with E-state index in [1.165, 1.54) is 0 Å². The van der Waals surface area contributed by atoms with E-state index < -0.39 is 11.8 Å². The number of hydrogen-bond donors (Lipinski definition) is 2. The molecule has 3 aliphatic rings. The van der Waals surface area contributed by atoms with Crippen LogP contribution in [0.25, 0.3) is 0 Å². The number of nitrogens with one attached hydrogen (secondary N) is 1. The summed E-state index contributed by atoms with van der Waals surface area (Å²) < 4.78 is 11.7. The van der Waals surface area contributed by atoms with Gasteiger partial charge < -0.3 is 19.9 Å². The number of hydrogen-bond acceptors (Lipinski definition) is 6. The molecule has 3 heterocycles. The lowest BCUT2D eigenvalue weighted by molar-refractivity contribution is -0.284. The van der Waals surface area contributed by atoms with E-state index >= 15 is 0 Å². The fourth-order valence-electron chi connectivity index (χ4n) is 3.86. The highest BCUT2D eigenvalue weighted by Crippen LogP contribution is 2.36. The van der Waals surface area contributed by atoms with Crippen LogP contribution in [0.1, 0.15) is 64.2 Å². The first-order chi connectivity index (χ1) is 12.5. The van der Waals surface area contributed by atoms with Gasteiger partial charge in [-0.1, -0.05) is 30.3 Å². The highest BCUT2D eigenvalue weighted by atomic mass is 32.2. The van der Waals surface area contributed by atoms with Crippen LogP contribution in [0.2, 0.25) is 0 Å². The predicted molar refractivity (Wildman–Crippen MR) is 99.8 cm³/mol. The molecule has 6 nitrogen and oxygen atoms in total. The van der Waals surface area contributed by atoms with Gasteiger partial charge in [-0.25, -0.2) is 0 Å². The maximum atomic E-state index is 12.2. The van der Waals surface area contributed by atoms with Gasteiger partial charge in [-0.2, -0.15) is 0 Å². The standard InChI is InChI=1S/C19H29NO5S/c21-17-10-8-6-4-2-1-3-5-7-9-14-11-15(24-17)12-19(23,25-14)16-13-26-18(22)20-16/h1,3,14-16,23H,2,4-13H2,(H,20,22)/t14?,15-,16+,19-/m1/s1. The minimum Gasteiger partial charge on any atom is -0.462 e. The Morgan fingerprint density at radius 1 is 1.12 bits per heavy atom. The number of carbonyl (C=O) groups excluding carboxylic acids is 2. The van der Waals surface area contributed by atoms with Gasteiger partial charge in [0.15, 0.2) is 5.79 Å². The normalized spacial score (nSPS) is 37.3. The molecule has 0 radical (unpaired) electrons. The van der Waals surface area contributed by atoms with Crippen molar-refractivity contribution < 1.29 is 24.2 Å². The Hall–Kier alpha value is -1.05. The Bertz CT molecular complexity index is 540. The number of rotatable bonds is 1. The van der Waals surface area contributed by atoms with Gasteiger partial charge in [0, 0.05) is 25.0 Å². The third-order valence-electron chi connectivity index (χ3n) is 5.25. The first-order valence-electron chi connectivity index (χ1n) is 9.73. The third-order valence-corrected chi connectivity index (χ3v) is 6.13. The van der Waals surface area contributed by atoms with Crippen molar-refractivity contribution in [2.45, 2.75) is 88.2 Å². The van der Waals surface area contributed by atoms with Gasteiger partial charge in [-0.05, 0) is 38.5 Å². The topological polar surface area (TPSA) is 84.9 Å². The zero-order chi connectivity index (χ0) is 18.4. The summed E-state index contributed by atoms with van der Waals surface area (Å²) in [4.78, 5) is 23.7. The lowest BCUT2D eigenvalue weighted by Gasteiger charge is -2.43. The lowest BCUT2D eigenvalue weighted by Crippen LogP contribution is -2.58. The van der Waals surface area contributed by atoms with Crippen molar-refractivity contribution in [1.82, 2.24) is 5.32 Å². The zero-order valence-corrected chi connectivity index (χ0v) is 16.0. The van der Waals surface area contributed by atoms with Gasteiger partial charge in [-0.3, -0.25) is 9.59 Å². The Morgan fingerprint density at radius 2 is 1.92 bits per heavy atom. The van der Waals surface area contributed by atoms with Crippen molar-refractivity contribution in [1.29, 1.82) is 0 Å². The molecule has 26 heavy (non-hydrogen) atoms. The maximum absolute atomic E-state index is 12.2. The molecule has 2 fully saturated rings. The molecule has 0 aliphatic carbocycles. The smallest absolute Gasteiger partial charge is 0.306 e. The maximum Gasteiger partial charge on any atom is 0.306 e. The van der Waals surface area contributed by atoms with Crippen molar-refractivity contribution in [3.05, 3.63) is 12.2 Å². The summed E-state index contributed by atoms with van der Waals surface area (Å²) in [6.07, 6.45) is 11.9. The highest BCUT2D eigenvalue weighted by molar-refractivity contribution is 8.14. The second-order valence-electron chi connectivity index (χ2n) is 7.43. The molecule has 2 bridgehead atoms. The average molecular weight is 384 g/mol. The Balaban J connectivity index is 1.68. The molecule has 2 N–H and O–H groups in total. The van der Waals surface area contributed by atoms with E-state index in [-0.39, 0.29) is 29.8 Å². The van der Waals surface area contributed by atoms with Gasteiger partial charge in [0.25, 0.3) is 5.24 Å². The Morgan fingerprint density at radius 3 is 2.69 bits per heavy atom. The van der Waals surface area contributed by atoms with E-state index in [0.717, 1.165) is 56.7 Å². The summed E-state index contributed by atoms with van der Waals surface area (Å²) in [7, 11) is 0. The fraction of sp³-hybridized carbons (Fsp3) is 0.789. The van der Waals surface area contributed by atoms with E-state index in [4.69, 9.17) is 9.47 Å². The molecule has 1 unspecified atom stereocenters. The van der Waals surface area contributed by atoms with Gasteiger partial charge in [0.2, 0.25) is 0 Å². The van der Waals surface area contributed by atoms with E-state index in [1.54, 1.807) is 0 Å². The molecule has 0 aromatic heterocycles. The highest BCUT2D eigenvalue weighted by Gasteiger charge is 2.49. The van der Waals surface area contributed by atoms with Crippen LogP contribution in [0, 0.1) is 0 Å². The van der Waals surface area contributed by atoms with Crippen LogP contribution in [0.3, 0.4) is 0 Å². The summed E-state index contributed by atoms with van der Waals surface area (Å²) in [6.45, 7) is 0. The SMILES string of the molecule is O=C1CCCCCC=CCCCC2C[C@H](C[C@](O)([C@@H]3CSC(=O)N3)O2)O1. The largest absolute Gasteiger partial charge is 0.462 e. The zero-order valence-electron chi connectivity index (χ0n) is 15.2. The van der Waals surface area contributed by atoms with Gasteiger partial charge in [-0.15, -0.1) is 0 Å². The second-order valence-corrected chi connectivity index (χ2v) is 8.43. The minimum atomic E-state index is -1.48. The third kappa shape index (κ3) is 5.47. The first-order valence-corrected chi connectivity index (χ1v) is 10.7. The fourth-order valence-corrected chi connectivity index (χ4v) is 4.75. The molecule has 3 aliphatic heterocycles. The molecule has 0 spiro atoms. The number of thioether (sulfide) groups is 1. The Kier molecular flexibility index (Phi) is 7.00. The summed E-state index contributed by atoms with van der Waals surface area (Å²) in [5, 5.41) is 13.7. The number of aliphatic hydroxyl groups is 1. The van der Waals surface area contributed by atoms with Crippen molar-refractivity contribution in [3.63, 3.8) is 0 Å². The van der Waals surface area contributed by atoms with Gasteiger partial charge in [0.1, 0.15) is 6.10 Å². The molecule has 3 rings (SSSR count). The van der Waals surface area contributed by atoms with Crippen LogP contribution >= 0.6 is 11.8 Å². The summed E-state index contributed by atoms with van der Waals surface area (Å²) in [5.74, 6) is -1.21. The van der Waals surface area contributed by atoms with E-state index in [9.17, 15) is 14.7 Å². The van der Waals surface area contributed by atoms with E-state index in [2.05, 4.69) is 17.5 Å². The van der Waals surface area contributed by atoms with Crippen molar-refractivity contribution >= 4 is 23.0 Å². The monoisotopic (exact) mass is 383 g/mol. The molecule has 7 heteroatoms. The summed E-state index contributed by atoms with van der Waals surface area (Å²) in [5.41, 5.74) is 0. The van der Waals surface area contributed by atoms with Crippen LogP contribution in [-0.4, -0.2) is 46.1 Å². The lowest BCUT2D eigenvalue weighted by atomic mass is 9.91. The molecule has 0 aromatic carbocycles. The summed E-state index contributed by atoms with van der Waals surface area (Å²) in [6, 6.07) is -0.467. The molecule has 0 aromatic rings. The van der Waals surface area contributed by atoms with E-state index in [1.807, 2.05) is 0 Å². The quantitative estimate of drug-likeness (QED) is 0.534. The minimum absolute atomic E-state index is 0.147. The molecule has 146 valence electrons. The number of esters is 1. The molecule has 1 amide bonds. The molecular weight excluding hydrogens is 354 g/mol. The number of fused-ring (bicyclic) bond motifs is 2. The van der Waals surface area contributed by atoms with Crippen LogP contribution in [-0.2, 0) is 14.3 Å². The van der Waals surface area contributed by atoms with Crippen molar-refractivity contribution in [3.8, 4) is 0 Å². The van der Waals surface area contributed by atoms with Crippen molar-refractivity contribution in [2.75, 3.05) is 5.75 Å². The summed E-state index contributed by atoms with van der Waals surface area (Å²) >= 11 is 1.15. The van der Waals surface area contributed by atoms with Crippen LogP contribution in [0.5, 0.6) is 0 Å². The number of ether oxygens (including phenoxy) is 2.